The van der Waals surface area contributed by atoms with E-state index in [0.29, 0.717) is 11.9 Å². The summed E-state index contributed by atoms with van der Waals surface area (Å²) in [5, 5.41) is 0.761. The van der Waals surface area contributed by atoms with Gasteiger partial charge in [0.25, 0.3) is 0 Å². The second-order valence-corrected chi connectivity index (χ2v) is 4.91. The number of nitrogens with zero attached hydrogens (tertiary/aromatic N) is 3. The van der Waals surface area contributed by atoms with Crippen LogP contribution in [0.5, 0.6) is 0 Å². The van der Waals surface area contributed by atoms with Crippen molar-refractivity contribution in [3.05, 3.63) is 6.07 Å². The van der Waals surface area contributed by atoms with E-state index in [-0.39, 0.29) is 0 Å². The maximum atomic E-state index is 5.44. The Kier molecular flexibility index (Phi) is 4.06. The lowest BCUT2D eigenvalue weighted by atomic mass is 10.2. The number of aromatic nitrogens is 2. The maximum absolute atomic E-state index is 5.44. The highest BCUT2D eigenvalue weighted by Crippen LogP contribution is 2.28. The molecule has 1 fully saturated rings. The Morgan fingerprint density at radius 3 is 3.06 bits per heavy atom. The Morgan fingerprint density at radius 2 is 2.41 bits per heavy atom. The van der Waals surface area contributed by atoms with E-state index >= 15 is 0 Å². The van der Waals surface area contributed by atoms with Crippen LogP contribution in [0.25, 0.3) is 0 Å². The molecular weight excluding hydrogens is 234 g/mol. The second-order valence-electron chi connectivity index (χ2n) is 4.14. The molecule has 1 aliphatic heterocycles. The molecule has 3 N–H and O–H groups in total. The van der Waals surface area contributed by atoms with Gasteiger partial charge in [-0.25, -0.2) is 15.8 Å². The van der Waals surface area contributed by atoms with Gasteiger partial charge in [-0.2, -0.15) is 0 Å². The highest BCUT2D eigenvalue weighted by atomic mass is 32.2. The third-order valence-corrected chi connectivity index (χ3v) is 3.71. The van der Waals surface area contributed by atoms with E-state index in [4.69, 9.17) is 5.84 Å². The average Bonchev–Trinajstić information content (AvgIpc) is 2.86. The summed E-state index contributed by atoms with van der Waals surface area (Å²) in [5.41, 5.74) is 2.61. The smallest absolute Gasteiger partial charge is 0.191 e. The molecule has 5 nitrogen and oxygen atoms in total. The Labute approximate surface area is 106 Å². The van der Waals surface area contributed by atoms with Crippen LogP contribution < -0.4 is 16.2 Å². The van der Waals surface area contributed by atoms with Crippen molar-refractivity contribution in [1.82, 2.24) is 9.97 Å². The van der Waals surface area contributed by atoms with Crippen LogP contribution in [0, 0.1) is 0 Å². The minimum atomic E-state index is 0.602. The summed E-state index contributed by atoms with van der Waals surface area (Å²) < 4.78 is 0. The lowest BCUT2D eigenvalue weighted by Crippen LogP contribution is -2.29. The molecular formula is C11H19N5S. The normalized spacial score (nSPS) is 19.7. The van der Waals surface area contributed by atoms with E-state index in [2.05, 4.69) is 27.2 Å². The van der Waals surface area contributed by atoms with Crippen molar-refractivity contribution in [1.29, 1.82) is 0 Å². The average molecular weight is 253 g/mol. The Bertz CT molecular complexity index is 362. The zero-order valence-electron chi connectivity index (χ0n) is 10.3. The zero-order chi connectivity index (χ0) is 12.3. The largest absolute Gasteiger partial charge is 0.353 e. The van der Waals surface area contributed by atoms with Gasteiger partial charge in [0.2, 0.25) is 0 Å². The van der Waals surface area contributed by atoms with Gasteiger partial charge in [-0.15, -0.1) is 0 Å². The van der Waals surface area contributed by atoms with Crippen LogP contribution in [0.15, 0.2) is 11.2 Å². The summed E-state index contributed by atoms with van der Waals surface area (Å²) in [5.74, 6) is 7.11. The molecule has 94 valence electrons. The van der Waals surface area contributed by atoms with Crippen LogP contribution in [0.2, 0.25) is 0 Å². The van der Waals surface area contributed by atoms with Gasteiger partial charge < -0.3 is 10.3 Å². The summed E-state index contributed by atoms with van der Waals surface area (Å²) in [7, 11) is 0. The van der Waals surface area contributed by atoms with Gasteiger partial charge >= 0.3 is 0 Å². The standard InChI is InChI=1S/C11H19N5S/c1-3-8-5-4-6-16(8)10-7-9(15-12)13-11(14-10)17-2/h7-8H,3-6,12H2,1-2H3,(H,13,14,15). The maximum Gasteiger partial charge on any atom is 0.191 e. The molecule has 0 aromatic carbocycles. The van der Waals surface area contributed by atoms with Crippen LogP contribution in [0.1, 0.15) is 26.2 Å². The number of rotatable bonds is 4. The molecule has 2 heterocycles. The van der Waals surface area contributed by atoms with E-state index in [1.807, 2.05) is 12.3 Å². The molecule has 1 unspecified atom stereocenters. The molecule has 1 atom stereocenters. The molecule has 2 rings (SSSR count). The van der Waals surface area contributed by atoms with Crippen LogP contribution >= 0.6 is 11.8 Å². The highest BCUT2D eigenvalue weighted by molar-refractivity contribution is 7.98. The number of nitrogen functional groups attached to an aromatic ring is 1. The Morgan fingerprint density at radius 1 is 1.59 bits per heavy atom. The van der Waals surface area contributed by atoms with Gasteiger partial charge in [-0.05, 0) is 25.5 Å². The van der Waals surface area contributed by atoms with Crippen molar-refractivity contribution in [2.75, 3.05) is 23.1 Å². The predicted molar refractivity (Wildman–Crippen MR) is 72.3 cm³/mol. The molecule has 0 radical (unpaired) electrons. The molecule has 0 aliphatic carbocycles. The first-order valence-electron chi connectivity index (χ1n) is 5.94. The summed E-state index contributed by atoms with van der Waals surface area (Å²) in [4.78, 5) is 11.2. The number of nitrogens with one attached hydrogen (secondary N) is 1. The molecule has 1 aromatic rings. The first-order valence-corrected chi connectivity index (χ1v) is 7.17. The van der Waals surface area contributed by atoms with Gasteiger partial charge in [0, 0.05) is 18.7 Å². The molecule has 0 amide bonds. The van der Waals surface area contributed by atoms with Crippen LogP contribution in [-0.2, 0) is 0 Å². The van der Waals surface area contributed by atoms with Gasteiger partial charge in [-0.3, -0.25) is 0 Å². The minimum absolute atomic E-state index is 0.602. The summed E-state index contributed by atoms with van der Waals surface area (Å²) in [6.07, 6.45) is 5.62. The van der Waals surface area contributed by atoms with Crippen LogP contribution in [0.3, 0.4) is 0 Å². The summed E-state index contributed by atoms with van der Waals surface area (Å²) in [6, 6.07) is 2.53. The quantitative estimate of drug-likeness (QED) is 0.369. The predicted octanol–water partition coefficient (Wildman–Crippen LogP) is 1.86. The Balaban J connectivity index is 2.30. The fourth-order valence-corrected chi connectivity index (χ4v) is 2.66. The summed E-state index contributed by atoms with van der Waals surface area (Å²) in [6.45, 7) is 3.30. The molecule has 0 saturated carbocycles. The molecule has 6 heteroatoms. The lowest BCUT2D eigenvalue weighted by molar-refractivity contribution is 0.637. The van der Waals surface area contributed by atoms with Crippen molar-refractivity contribution >= 4 is 23.4 Å². The second kappa shape index (κ2) is 5.55. The van der Waals surface area contributed by atoms with Crippen molar-refractivity contribution < 1.29 is 0 Å². The topological polar surface area (TPSA) is 67.1 Å². The SMILES string of the molecule is CCC1CCCN1c1cc(NN)nc(SC)n1. The first kappa shape index (κ1) is 12.4. The fraction of sp³-hybridized carbons (Fsp3) is 0.636. The molecule has 1 aliphatic rings. The van der Waals surface area contributed by atoms with Crippen molar-refractivity contribution in [2.24, 2.45) is 5.84 Å². The van der Waals surface area contributed by atoms with Gasteiger partial charge in [0.1, 0.15) is 11.6 Å². The van der Waals surface area contributed by atoms with Crippen molar-refractivity contribution in [3.63, 3.8) is 0 Å². The van der Waals surface area contributed by atoms with Crippen molar-refractivity contribution in [2.45, 2.75) is 37.4 Å². The first-order chi connectivity index (χ1) is 8.28. The third-order valence-electron chi connectivity index (χ3n) is 3.17. The minimum Gasteiger partial charge on any atom is -0.353 e. The number of nitrogens with two attached hydrogens (primary N) is 1. The summed E-state index contributed by atoms with van der Waals surface area (Å²) >= 11 is 1.54. The van der Waals surface area contributed by atoms with Crippen LogP contribution in [-0.4, -0.2) is 28.8 Å². The number of hydrazine groups is 1. The zero-order valence-corrected chi connectivity index (χ0v) is 11.1. The molecule has 0 spiro atoms. The van der Waals surface area contributed by atoms with Crippen LogP contribution in [0.4, 0.5) is 11.6 Å². The number of thioether (sulfide) groups is 1. The van der Waals surface area contributed by atoms with Gasteiger partial charge in [0.15, 0.2) is 5.16 Å². The van der Waals surface area contributed by atoms with E-state index in [1.54, 1.807) is 0 Å². The van der Waals surface area contributed by atoms with Gasteiger partial charge in [-0.1, -0.05) is 18.7 Å². The van der Waals surface area contributed by atoms with E-state index in [0.717, 1.165) is 23.9 Å². The van der Waals surface area contributed by atoms with E-state index < -0.39 is 0 Å². The number of hydrogen-bond donors (Lipinski definition) is 2. The third kappa shape index (κ3) is 2.63. The molecule has 1 saturated heterocycles. The van der Waals surface area contributed by atoms with Gasteiger partial charge in [0.05, 0.1) is 0 Å². The number of hydrogen-bond acceptors (Lipinski definition) is 6. The lowest BCUT2D eigenvalue weighted by Gasteiger charge is -2.25. The monoisotopic (exact) mass is 253 g/mol. The molecule has 0 bridgehead atoms. The van der Waals surface area contributed by atoms with E-state index in [9.17, 15) is 0 Å². The molecule has 1 aromatic heterocycles. The highest BCUT2D eigenvalue weighted by Gasteiger charge is 2.24. The Hall–Kier alpha value is -1.01. The molecule has 17 heavy (non-hydrogen) atoms. The van der Waals surface area contributed by atoms with Crippen molar-refractivity contribution in [3.8, 4) is 0 Å². The fourth-order valence-electron chi connectivity index (χ4n) is 2.29. The van der Waals surface area contributed by atoms with E-state index in [1.165, 1.54) is 24.6 Å². The number of anilines is 2.